The molecular weight excluding hydrogens is 334 g/mol. The molecule has 0 bridgehead atoms. The summed E-state index contributed by atoms with van der Waals surface area (Å²) in [7, 11) is 2.12. The van der Waals surface area contributed by atoms with Crippen LogP contribution in [0.15, 0.2) is 54.6 Å². The summed E-state index contributed by atoms with van der Waals surface area (Å²) >= 11 is 0. The van der Waals surface area contributed by atoms with Crippen LogP contribution in [0.4, 0.5) is 0 Å². The molecule has 4 heteroatoms. The quantitative estimate of drug-likeness (QED) is 0.471. The topological polar surface area (TPSA) is 42.8 Å². The molecule has 0 radical (unpaired) electrons. The van der Waals surface area contributed by atoms with Gasteiger partial charge in [0.15, 0.2) is 0 Å². The van der Waals surface area contributed by atoms with Gasteiger partial charge < -0.3 is 14.3 Å². The van der Waals surface area contributed by atoms with Crippen molar-refractivity contribution >= 4 is 32.8 Å². The van der Waals surface area contributed by atoms with Crippen molar-refractivity contribution in [3.05, 3.63) is 71.5 Å². The Bertz CT molecular complexity index is 1300. The Kier molecular flexibility index (Phi) is 3.47. The fraction of sp³-hybridized carbons (Fsp3) is 0.174. The van der Waals surface area contributed by atoms with E-state index in [1.807, 2.05) is 31.2 Å². The van der Waals surface area contributed by atoms with E-state index in [2.05, 4.69) is 58.8 Å². The Morgan fingerprint density at radius 1 is 1.00 bits per heavy atom. The lowest BCUT2D eigenvalue weighted by Crippen LogP contribution is -1.95. The summed E-state index contributed by atoms with van der Waals surface area (Å²) < 4.78 is 8.31. The zero-order valence-electron chi connectivity index (χ0n) is 15.7. The van der Waals surface area contributed by atoms with Crippen LogP contribution in [-0.2, 0) is 13.7 Å². The summed E-state index contributed by atoms with van der Waals surface area (Å²) in [4.78, 5) is 8.04. The molecule has 0 aliphatic rings. The van der Waals surface area contributed by atoms with Crippen LogP contribution in [0.1, 0.15) is 17.0 Å². The van der Waals surface area contributed by atoms with Crippen LogP contribution in [0, 0.1) is 13.8 Å². The summed E-state index contributed by atoms with van der Waals surface area (Å²) in [6.45, 7) is 4.72. The molecule has 2 heterocycles. The molecule has 0 spiro atoms. The molecule has 0 saturated heterocycles. The summed E-state index contributed by atoms with van der Waals surface area (Å²) in [5, 5.41) is 2.43. The van der Waals surface area contributed by atoms with Crippen molar-refractivity contribution < 1.29 is 4.74 Å². The van der Waals surface area contributed by atoms with Crippen molar-refractivity contribution in [2.45, 2.75) is 20.5 Å². The van der Waals surface area contributed by atoms with Gasteiger partial charge in [-0.2, -0.15) is 0 Å². The molecule has 0 saturated carbocycles. The predicted molar refractivity (Wildman–Crippen MR) is 110 cm³/mol. The van der Waals surface area contributed by atoms with Gasteiger partial charge in [-0.3, -0.25) is 0 Å². The van der Waals surface area contributed by atoms with E-state index in [4.69, 9.17) is 4.74 Å². The largest absolute Gasteiger partial charge is 0.489 e. The van der Waals surface area contributed by atoms with Gasteiger partial charge >= 0.3 is 0 Å². The number of benzene rings is 3. The minimum absolute atomic E-state index is 0.570. The molecule has 0 aliphatic heterocycles. The number of nitrogens with zero attached hydrogens (tertiary/aromatic N) is 2. The first kappa shape index (κ1) is 15.9. The van der Waals surface area contributed by atoms with Crippen molar-refractivity contribution in [2.75, 3.05) is 0 Å². The number of fused-ring (bicyclic) bond motifs is 4. The molecule has 0 aliphatic carbocycles. The number of ether oxygens (including phenoxy) is 1. The number of aryl methyl sites for hydroxylation is 3. The van der Waals surface area contributed by atoms with Crippen LogP contribution < -0.4 is 4.74 Å². The molecule has 1 N–H and O–H groups in total. The van der Waals surface area contributed by atoms with Crippen molar-refractivity contribution in [3.8, 4) is 5.75 Å². The van der Waals surface area contributed by atoms with Crippen molar-refractivity contribution in [1.82, 2.24) is 14.5 Å². The Labute approximate surface area is 157 Å². The summed E-state index contributed by atoms with van der Waals surface area (Å²) in [5.74, 6) is 1.83. The van der Waals surface area contributed by atoms with E-state index in [9.17, 15) is 0 Å². The zero-order chi connectivity index (χ0) is 18.5. The molecule has 0 unspecified atom stereocenters. The normalized spacial score (nSPS) is 11.7. The maximum Gasteiger partial charge on any atom is 0.120 e. The lowest BCUT2D eigenvalue weighted by molar-refractivity contribution is 0.306. The summed E-state index contributed by atoms with van der Waals surface area (Å²) in [6.07, 6.45) is 0. The summed E-state index contributed by atoms with van der Waals surface area (Å²) in [5.41, 5.74) is 6.93. The van der Waals surface area contributed by atoms with Crippen LogP contribution in [-0.4, -0.2) is 14.5 Å². The number of rotatable bonds is 3. The van der Waals surface area contributed by atoms with Gasteiger partial charge in [-0.25, -0.2) is 4.98 Å². The Hall–Kier alpha value is -3.27. The molecule has 134 valence electrons. The number of H-pyrrole nitrogens is 1. The maximum atomic E-state index is 6.05. The Balaban J connectivity index is 1.66. The van der Waals surface area contributed by atoms with Gasteiger partial charge in [0, 0.05) is 28.9 Å². The number of hydrogen-bond acceptors (Lipinski definition) is 2. The van der Waals surface area contributed by atoms with E-state index in [1.165, 1.54) is 32.9 Å². The fourth-order valence-electron chi connectivity index (χ4n) is 4.04. The van der Waals surface area contributed by atoms with Gasteiger partial charge in [-0.05, 0) is 43.7 Å². The third-order valence-electron chi connectivity index (χ3n) is 5.31. The number of aromatic amines is 1. The molecule has 0 amide bonds. The van der Waals surface area contributed by atoms with Crippen molar-refractivity contribution in [1.29, 1.82) is 0 Å². The van der Waals surface area contributed by atoms with Crippen LogP contribution >= 0.6 is 0 Å². The van der Waals surface area contributed by atoms with Gasteiger partial charge in [0.25, 0.3) is 0 Å². The maximum absolute atomic E-state index is 6.05. The average Bonchev–Trinajstić information content (AvgIpc) is 3.19. The Morgan fingerprint density at radius 2 is 1.81 bits per heavy atom. The highest BCUT2D eigenvalue weighted by molar-refractivity contribution is 6.13. The highest BCUT2D eigenvalue weighted by Gasteiger charge is 2.15. The lowest BCUT2D eigenvalue weighted by Gasteiger charge is -2.06. The first-order valence-electron chi connectivity index (χ1n) is 9.16. The SMILES string of the molecule is Cc1nc2c(C)c3c(cc2[nH]1)c1cc(OCc2ccccc2)ccc1n3C. The summed E-state index contributed by atoms with van der Waals surface area (Å²) in [6, 6.07) is 18.8. The smallest absolute Gasteiger partial charge is 0.120 e. The van der Waals surface area contributed by atoms with Gasteiger partial charge in [-0.1, -0.05) is 30.3 Å². The number of nitrogens with one attached hydrogen (secondary N) is 1. The van der Waals surface area contributed by atoms with E-state index in [0.29, 0.717) is 6.61 Å². The van der Waals surface area contributed by atoms with Crippen molar-refractivity contribution in [2.24, 2.45) is 7.05 Å². The minimum atomic E-state index is 0.570. The van der Waals surface area contributed by atoms with Gasteiger partial charge in [0.1, 0.15) is 18.2 Å². The second-order valence-corrected chi connectivity index (χ2v) is 7.13. The molecule has 27 heavy (non-hydrogen) atoms. The van der Waals surface area contributed by atoms with Crippen LogP contribution in [0.2, 0.25) is 0 Å². The predicted octanol–water partition coefficient (Wildman–Crippen LogP) is 5.40. The van der Waals surface area contributed by atoms with E-state index >= 15 is 0 Å². The van der Waals surface area contributed by atoms with Crippen LogP contribution in [0.25, 0.3) is 32.8 Å². The molecule has 0 fully saturated rings. The van der Waals surface area contributed by atoms with Gasteiger partial charge in [-0.15, -0.1) is 0 Å². The molecule has 5 aromatic rings. The number of imidazole rings is 1. The molecule has 3 aromatic carbocycles. The van der Waals surface area contributed by atoms with Gasteiger partial charge in [0.05, 0.1) is 16.6 Å². The number of hydrogen-bond donors (Lipinski definition) is 1. The number of aromatic nitrogens is 3. The van der Waals surface area contributed by atoms with E-state index in [0.717, 1.165) is 22.6 Å². The molecular formula is C23H21N3O. The van der Waals surface area contributed by atoms with E-state index < -0.39 is 0 Å². The van der Waals surface area contributed by atoms with Crippen molar-refractivity contribution in [3.63, 3.8) is 0 Å². The second-order valence-electron chi connectivity index (χ2n) is 7.13. The Morgan fingerprint density at radius 3 is 2.63 bits per heavy atom. The fourth-order valence-corrected chi connectivity index (χ4v) is 4.04. The average molecular weight is 355 g/mol. The highest BCUT2D eigenvalue weighted by Crippen LogP contribution is 2.35. The molecule has 0 atom stereocenters. The zero-order valence-corrected chi connectivity index (χ0v) is 15.7. The van der Waals surface area contributed by atoms with Crippen LogP contribution in [0.5, 0.6) is 5.75 Å². The first-order valence-corrected chi connectivity index (χ1v) is 9.16. The minimum Gasteiger partial charge on any atom is -0.489 e. The highest BCUT2D eigenvalue weighted by atomic mass is 16.5. The van der Waals surface area contributed by atoms with E-state index in [1.54, 1.807) is 0 Å². The third-order valence-corrected chi connectivity index (χ3v) is 5.31. The van der Waals surface area contributed by atoms with E-state index in [-0.39, 0.29) is 0 Å². The first-order chi connectivity index (χ1) is 13.1. The molecule has 5 rings (SSSR count). The standard InChI is InChI=1S/C23H21N3O/c1-14-22-20(24-15(2)25-22)12-19-18-11-17(9-10-21(18)26(3)23(14)19)27-13-16-7-5-4-6-8-16/h4-12H,13H2,1-3H3,(H,24,25). The molecule has 4 nitrogen and oxygen atoms in total. The monoisotopic (exact) mass is 355 g/mol. The second kappa shape index (κ2) is 5.88. The van der Waals surface area contributed by atoms with Gasteiger partial charge in [0.2, 0.25) is 0 Å². The molecule has 2 aromatic heterocycles. The third kappa shape index (κ3) is 2.48. The lowest BCUT2D eigenvalue weighted by atomic mass is 10.1. The van der Waals surface area contributed by atoms with Crippen LogP contribution in [0.3, 0.4) is 0 Å².